The Hall–Kier alpha value is -1.66. The van der Waals surface area contributed by atoms with Crippen LogP contribution in [0, 0.1) is 5.41 Å². The predicted octanol–water partition coefficient (Wildman–Crippen LogP) is 2.11. The Morgan fingerprint density at radius 3 is 2.55 bits per heavy atom. The number of benzene rings is 1. The van der Waals surface area contributed by atoms with Gasteiger partial charge in [0.2, 0.25) is 10.0 Å². The van der Waals surface area contributed by atoms with E-state index in [-0.39, 0.29) is 10.3 Å². The first-order chi connectivity index (χ1) is 9.10. The van der Waals surface area contributed by atoms with Gasteiger partial charge >= 0.3 is 5.97 Å². The molecule has 0 amide bonds. The first kappa shape index (κ1) is 16.4. The van der Waals surface area contributed by atoms with Crippen LogP contribution in [0.3, 0.4) is 0 Å². The second-order valence-electron chi connectivity index (χ2n) is 5.63. The van der Waals surface area contributed by atoms with Crippen molar-refractivity contribution < 1.29 is 18.3 Å². The van der Waals surface area contributed by atoms with Crippen LogP contribution in [0.5, 0.6) is 0 Å². The van der Waals surface area contributed by atoms with Gasteiger partial charge in [-0.3, -0.25) is 0 Å². The number of sulfonamides is 1. The number of hydrogen-bond acceptors (Lipinski definition) is 3. The Bertz CT molecular complexity index is 612. The van der Waals surface area contributed by atoms with Gasteiger partial charge in [0.15, 0.2) is 0 Å². The highest BCUT2D eigenvalue weighted by atomic mass is 32.2. The summed E-state index contributed by atoms with van der Waals surface area (Å²) >= 11 is 0. The average Bonchev–Trinajstić information content (AvgIpc) is 2.34. The molecule has 6 heteroatoms. The standard InChI is InChI=1S/C14H19NO4S/c1-14(2,3)10-15-20(18,19)12-6-4-5-11(9-12)7-8-13(16)17/h4-9,15H,10H2,1-3H3,(H,16,17). The lowest BCUT2D eigenvalue weighted by Crippen LogP contribution is -2.32. The fourth-order valence-corrected chi connectivity index (χ4v) is 2.69. The molecule has 0 spiro atoms. The number of aliphatic carboxylic acids is 1. The number of nitrogens with one attached hydrogen (secondary N) is 1. The highest BCUT2D eigenvalue weighted by Crippen LogP contribution is 2.16. The van der Waals surface area contributed by atoms with Gasteiger partial charge in [0, 0.05) is 12.6 Å². The van der Waals surface area contributed by atoms with Crippen molar-refractivity contribution in [3.8, 4) is 0 Å². The van der Waals surface area contributed by atoms with Crippen molar-refractivity contribution in [2.24, 2.45) is 5.41 Å². The third-order valence-electron chi connectivity index (χ3n) is 2.38. The summed E-state index contributed by atoms with van der Waals surface area (Å²) < 4.78 is 26.8. The lowest BCUT2D eigenvalue weighted by molar-refractivity contribution is -0.131. The monoisotopic (exact) mass is 297 g/mol. The summed E-state index contributed by atoms with van der Waals surface area (Å²) in [5.74, 6) is -1.08. The fourth-order valence-electron chi connectivity index (χ4n) is 1.35. The summed E-state index contributed by atoms with van der Waals surface area (Å²) in [6, 6.07) is 6.13. The van der Waals surface area contributed by atoms with E-state index in [0.29, 0.717) is 12.1 Å². The van der Waals surface area contributed by atoms with Crippen LogP contribution in [0.4, 0.5) is 0 Å². The lowest BCUT2D eigenvalue weighted by Gasteiger charge is -2.18. The first-order valence-corrected chi connectivity index (χ1v) is 7.59. The van der Waals surface area contributed by atoms with Crippen LogP contribution in [0.25, 0.3) is 6.08 Å². The zero-order valence-corrected chi connectivity index (χ0v) is 12.6. The Morgan fingerprint density at radius 1 is 1.35 bits per heavy atom. The summed E-state index contributed by atoms with van der Waals surface area (Å²) in [6.07, 6.45) is 2.32. The van der Waals surface area contributed by atoms with Gasteiger partial charge in [-0.1, -0.05) is 32.9 Å². The predicted molar refractivity (Wildman–Crippen MR) is 77.8 cm³/mol. The van der Waals surface area contributed by atoms with E-state index in [1.54, 1.807) is 12.1 Å². The molecule has 5 nitrogen and oxygen atoms in total. The van der Waals surface area contributed by atoms with Crippen LogP contribution >= 0.6 is 0 Å². The average molecular weight is 297 g/mol. The molecule has 0 saturated carbocycles. The van der Waals surface area contributed by atoms with Crippen molar-refractivity contribution in [1.82, 2.24) is 4.72 Å². The molecular formula is C14H19NO4S. The molecule has 0 fully saturated rings. The van der Waals surface area contributed by atoms with E-state index >= 15 is 0 Å². The highest BCUT2D eigenvalue weighted by Gasteiger charge is 2.18. The Kier molecular flexibility index (Phi) is 5.08. The number of rotatable bonds is 5. The molecule has 0 bridgehead atoms. The van der Waals surface area contributed by atoms with Gasteiger partial charge in [-0.25, -0.2) is 17.9 Å². The molecule has 110 valence electrons. The van der Waals surface area contributed by atoms with E-state index in [4.69, 9.17) is 5.11 Å². The van der Waals surface area contributed by atoms with Crippen LogP contribution in [-0.4, -0.2) is 26.0 Å². The largest absolute Gasteiger partial charge is 0.478 e. The summed E-state index contributed by atoms with van der Waals surface area (Å²) in [7, 11) is -3.59. The van der Waals surface area contributed by atoms with Gasteiger partial charge in [-0.15, -0.1) is 0 Å². The molecule has 0 aliphatic heterocycles. The molecule has 1 aromatic carbocycles. The van der Waals surface area contributed by atoms with Gasteiger partial charge in [0.25, 0.3) is 0 Å². The minimum atomic E-state index is -3.59. The highest BCUT2D eigenvalue weighted by molar-refractivity contribution is 7.89. The normalized spacial score (nSPS) is 12.8. The molecule has 0 aliphatic carbocycles. The van der Waals surface area contributed by atoms with Crippen molar-refractivity contribution in [2.75, 3.05) is 6.54 Å². The molecule has 0 unspecified atom stereocenters. The Morgan fingerprint density at radius 2 is 2.00 bits per heavy atom. The van der Waals surface area contributed by atoms with Crippen molar-refractivity contribution in [3.63, 3.8) is 0 Å². The number of hydrogen-bond donors (Lipinski definition) is 2. The molecule has 0 saturated heterocycles. The Balaban J connectivity index is 2.96. The van der Waals surface area contributed by atoms with E-state index in [1.807, 2.05) is 20.8 Å². The van der Waals surface area contributed by atoms with Gasteiger partial charge in [-0.2, -0.15) is 0 Å². The molecule has 1 aromatic rings. The third kappa shape index (κ3) is 5.54. The van der Waals surface area contributed by atoms with Crippen molar-refractivity contribution in [3.05, 3.63) is 35.9 Å². The maximum Gasteiger partial charge on any atom is 0.328 e. The molecule has 20 heavy (non-hydrogen) atoms. The second kappa shape index (κ2) is 6.19. The van der Waals surface area contributed by atoms with Gasteiger partial charge in [0.05, 0.1) is 4.90 Å². The molecule has 0 aliphatic rings. The second-order valence-corrected chi connectivity index (χ2v) is 7.40. The molecule has 0 heterocycles. The molecule has 2 N–H and O–H groups in total. The van der Waals surface area contributed by atoms with Crippen LogP contribution in [-0.2, 0) is 14.8 Å². The summed E-state index contributed by atoms with van der Waals surface area (Å²) in [5.41, 5.74) is 0.361. The molecule has 0 aromatic heterocycles. The number of carboxylic acid groups (broad SMARTS) is 1. The minimum absolute atomic E-state index is 0.120. The quantitative estimate of drug-likeness (QED) is 0.815. The first-order valence-electron chi connectivity index (χ1n) is 6.11. The summed E-state index contributed by atoms with van der Waals surface area (Å²) in [5, 5.41) is 8.56. The smallest absolute Gasteiger partial charge is 0.328 e. The SMILES string of the molecule is CC(C)(C)CNS(=O)(=O)c1cccc(C=CC(=O)O)c1. The van der Waals surface area contributed by atoms with Crippen LogP contribution in [0.15, 0.2) is 35.2 Å². The van der Waals surface area contributed by atoms with Gasteiger partial charge in [0.1, 0.15) is 0 Å². The van der Waals surface area contributed by atoms with E-state index in [2.05, 4.69) is 4.72 Å². The van der Waals surface area contributed by atoms with E-state index in [1.165, 1.54) is 18.2 Å². The van der Waals surface area contributed by atoms with E-state index in [0.717, 1.165) is 6.08 Å². The maximum absolute atomic E-state index is 12.1. The van der Waals surface area contributed by atoms with Crippen molar-refractivity contribution >= 4 is 22.1 Å². The maximum atomic E-state index is 12.1. The van der Waals surface area contributed by atoms with Gasteiger partial charge in [-0.05, 0) is 29.2 Å². The van der Waals surface area contributed by atoms with E-state index < -0.39 is 16.0 Å². The zero-order valence-electron chi connectivity index (χ0n) is 11.8. The molecule has 0 atom stereocenters. The van der Waals surface area contributed by atoms with Crippen LogP contribution in [0.2, 0.25) is 0 Å². The van der Waals surface area contributed by atoms with Crippen molar-refractivity contribution in [1.29, 1.82) is 0 Å². The van der Waals surface area contributed by atoms with E-state index in [9.17, 15) is 13.2 Å². The molecule has 1 rings (SSSR count). The molecule has 0 radical (unpaired) electrons. The topological polar surface area (TPSA) is 83.5 Å². The summed E-state index contributed by atoms with van der Waals surface area (Å²) in [6.45, 7) is 6.12. The Labute approximate surface area is 119 Å². The lowest BCUT2D eigenvalue weighted by atomic mass is 9.98. The number of carbonyl (C=O) groups is 1. The molecular weight excluding hydrogens is 278 g/mol. The number of carboxylic acids is 1. The van der Waals surface area contributed by atoms with Crippen LogP contribution in [0.1, 0.15) is 26.3 Å². The van der Waals surface area contributed by atoms with Crippen LogP contribution < -0.4 is 4.72 Å². The third-order valence-corrected chi connectivity index (χ3v) is 3.78. The zero-order chi connectivity index (χ0) is 15.4. The fraction of sp³-hybridized carbons (Fsp3) is 0.357. The van der Waals surface area contributed by atoms with Gasteiger partial charge < -0.3 is 5.11 Å². The summed E-state index contributed by atoms with van der Waals surface area (Å²) in [4.78, 5) is 10.6. The van der Waals surface area contributed by atoms with Crippen molar-refractivity contribution in [2.45, 2.75) is 25.7 Å². The minimum Gasteiger partial charge on any atom is -0.478 e.